The van der Waals surface area contributed by atoms with Gasteiger partial charge in [-0.1, -0.05) is 45.4 Å². The van der Waals surface area contributed by atoms with Gasteiger partial charge in [-0.25, -0.2) is 4.68 Å². The number of anilines is 1. The van der Waals surface area contributed by atoms with Crippen LogP contribution in [-0.4, -0.2) is 9.78 Å². The molecule has 96 valence electrons. The van der Waals surface area contributed by atoms with Crippen molar-refractivity contribution in [1.29, 1.82) is 0 Å². The van der Waals surface area contributed by atoms with E-state index in [0.717, 1.165) is 12.8 Å². The Hall–Kier alpha value is -1.32. The van der Waals surface area contributed by atoms with Crippen molar-refractivity contribution in [2.45, 2.75) is 58.4 Å². The summed E-state index contributed by atoms with van der Waals surface area (Å²) < 4.78 is 1.46. The number of aryl methyl sites for hydroxylation is 1. The van der Waals surface area contributed by atoms with Gasteiger partial charge in [-0.05, 0) is 12.5 Å². The van der Waals surface area contributed by atoms with Crippen LogP contribution in [0.3, 0.4) is 0 Å². The number of aromatic nitrogens is 2. The third-order valence-electron chi connectivity index (χ3n) is 2.86. The molecule has 0 unspecified atom stereocenters. The molecule has 0 aliphatic carbocycles. The van der Waals surface area contributed by atoms with E-state index in [-0.39, 0.29) is 5.56 Å². The van der Waals surface area contributed by atoms with Crippen LogP contribution in [0.15, 0.2) is 16.9 Å². The molecule has 4 heteroatoms. The highest BCUT2D eigenvalue weighted by Crippen LogP contribution is 2.07. The van der Waals surface area contributed by atoms with Crippen molar-refractivity contribution in [3.8, 4) is 0 Å². The monoisotopic (exact) mass is 237 g/mol. The first kappa shape index (κ1) is 13.7. The third-order valence-corrected chi connectivity index (χ3v) is 2.86. The summed E-state index contributed by atoms with van der Waals surface area (Å²) in [5.74, 6) is 0.410. The summed E-state index contributed by atoms with van der Waals surface area (Å²) in [6, 6.07) is 3.02. The molecule has 1 aromatic rings. The van der Waals surface area contributed by atoms with Gasteiger partial charge in [0, 0.05) is 12.6 Å². The maximum Gasteiger partial charge on any atom is 0.266 e. The van der Waals surface area contributed by atoms with Crippen LogP contribution in [-0.2, 0) is 6.54 Å². The van der Waals surface area contributed by atoms with Gasteiger partial charge in [0.15, 0.2) is 0 Å². The third kappa shape index (κ3) is 5.52. The number of hydrogen-bond donors (Lipinski definition) is 1. The second-order valence-corrected chi connectivity index (χ2v) is 4.44. The van der Waals surface area contributed by atoms with Gasteiger partial charge in [-0.2, -0.15) is 5.10 Å². The van der Waals surface area contributed by atoms with Crippen LogP contribution in [0.2, 0.25) is 0 Å². The van der Waals surface area contributed by atoms with Gasteiger partial charge < -0.3 is 5.73 Å². The molecule has 0 saturated heterocycles. The van der Waals surface area contributed by atoms with Crippen molar-refractivity contribution in [2.24, 2.45) is 0 Å². The van der Waals surface area contributed by atoms with Gasteiger partial charge in [0.2, 0.25) is 0 Å². The summed E-state index contributed by atoms with van der Waals surface area (Å²) in [6.07, 6.45) is 8.64. The van der Waals surface area contributed by atoms with Crippen LogP contribution in [0.1, 0.15) is 51.9 Å². The minimum atomic E-state index is -0.0646. The van der Waals surface area contributed by atoms with E-state index in [1.165, 1.54) is 42.9 Å². The first-order chi connectivity index (χ1) is 8.24. The molecule has 0 spiro atoms. The first-order valence-electron chi connectivity index (χ1n) is 6.57. The number of nitrogens with zero attached hydrogens (tertiary/aromatic N) is 2. The Bertz CT molecular complexity index is 373. The molecular weight excluding hydrogens is 214 g/mol. The molecule has 4 nitrogen and oxygen atoms in total. The number of rotatable bonds is 8. The van der Waals surface area contributed by atoms with E-state index in [0.29, 0.717) is 12.4 Å². The number of unbranched alkanes of at least 4 members (excludes halogenated alkanes) is 6. The molecule has 0 radical (unpaired) electrons. The van der Waals surface area contributed by atoms with Crippen LogP contribution in [0.5, 0.6) is 0 Å². The molecule has 0 aliphatic rings. The van der Waals surface area contributed by atoms with E-state index >= 15 is 0 Å². The van der Waals surface area contributed by atoms with Crippen molar-refractivity contribution >= 4 is 5.82 Å². The Labute approximate surface area is 103 Å². The van der Waals surface area contributed by atoms with E-state index in [1.807, 2.05) is 0 Å². The largest absolute Gasteiger partial charge is 0.382 e. The molecule has 0 aromatic carbocycles. The fourth-order valence-electron chi connectivity index (χ4n) is 1.84. The molecule has 1 rings (SSSR count). The highest BCUT2D eigenvalue weighted by Gasteiger charge is 1.98. The molecule has 0 aliphatic heterocycles. The summed E-state index contributed by atoms with van der Waals surface area (Å²) in [4.78, 5) is 11.4. The second-order valence-electron chi connectivity index (χ2n) is 4.44. The molecule has 0 atom stereocenters. The van der Waals surface area contributed by atoms with E-state index in [2.05, 4.69) is 12.0 Å². The van der Waals surface area contributed by atoms with Gasteiger partial charge in [0.05, 0.1) is 0 Å². The van der Waals surface area contributed by atoms with Crippen molar-refractivity contribution in [1.82, 2.24) is 9.78 Å². The van der Waals surface area contributed by atoms with E-state index < -0.39 is 0 Å². The van der Waals surface area contributed by atoms with E-state index in [9.17, 15) is 4.79 Å². The highest BCUT2D eigenvalue weighted by atomic mass is 16.1. The van der Waals surface area contributed by atoms with Gasteiger partial charge >= 0.3 is 0 Å². The second kappa shape index (κ2) is 7.87. The van der Waals surface area contributed by atoms with Crippen molar-refractivity contribution < 1.29 is 0 Å². The number of hydrogen-bond acceptors (Lipinski definition) is 3. The SMILES string of the molecule is CCCCCCCCCn1nc(N)ccc1=O. The molecule has 0 bridgehead atoms. The zero-order chi connectivity index (χ0) is 12.5. The van der Waals surface area contributed by atoms with E-state index in [4.69, 9.17) is 5.73 Å². The van der Waals surface area contributed by atoms with E-state index in [1.54, 1.807) is 6.07 Å². The summed E-state index contributed by atoms with van der Waals surface area (Å²) in [5.41, 5.74) is 5.48. The summed E-state index contributed by atoms with van der Waals surface area (Å²) >= 11 is 0. The molecule has 1 aromatic heterocycles. The number of nitrogen functional groups attached to an aromatic ring is 1. The maximum atomic E-state index is 11.4. The summed E-state index contributed by atoms with van der Waals surface area (Å²) in [7, 11) is 0. The first-order valence-corrected chi connectivity index (χ1v) is 6.57. The molecule has 0 amide bonds. The minimum absolute atomic E-state index is 0.0646. The Morgan fingerprint density at radius 1 is 1.12 bits per heavy atom. The molecule has 1 heterocycles. The molecular formula is C13H23N3O. The van der Waals surface area contributed by atoms with Crippen LogP contribution in [0.4, 0.5) is 5.82 Å². The number of nitrogens with two attached hydrogens (primary N) is 1. The molecule has 0 saturated carbocycles. The lowest BCUT2D eigenvalue weighted by Crippen LogP contribution is -2.22. The zero-order valence-corrected chi connectivity index (χ0v) is 10.7. The summed E-state index contributed by atoms with van der Waals surface area (Å²) in [5, 5.41) is 4.00. The standard InChI is InChI=1S/C13H23N3O/c1-2-3-4-5-6-7-8-11-16-13(17)10-9-12(14)15-16/h9-10H,2-8,11H2,1H3,(H2,14,15). The van der Waals surface area contributed by atoms with Crippen LogP contribution < -0.4 is 11.3 Å². The van der Waals surface area contributed by atoms with Crippen LogP contribution in [0.25, 0.3) is 0 Å². The van der Waals surface area contributed by atoms with Crippen LogP contribution in [0, 0.1) is 0 Å². The van der Waals surface area contributed by atoms with Crippen molar-refractivity contribution in [2.75, 3.05) is 5.73 Å². The van der Waals surface area contributed by atoms with Gasteiger partial charge in [0.25, 0.3) is 5.56 Å². The Morgan fingerprint density at radius 3 is 2.47 bits per heavy atom. The fraction of sp³-hybridized carbons (Fsp3) is 0.692. The minimum Gasteiger partial charge on any atom is -0.382 e. The average Bonchev–Trinajstić information content (AvgIpc) is 2.32. The lowest BCUT2D eigenvalue weighted by Gasteiger charge is -2.04. The average molecular weight is 237 g/mol. The predicted octanol–water partition coefficient (Wildman–Crippen LogP) is 2.58. The Kier molecular flexibility index (Phi) is 6.37. The lowest BCUT2D eigenvalue weighted by atomic mass is 10.1. The zero-order valence-electron chi connectivity index (χ0n) is 10.7. The maximum absolute atomic E-state index is 11.4. The fourth-order valence-corrected chi connectivity index (χ4v) is 1.84. The van der Waals surface area contributed by atoms with Gasteiger partial charge in [0.1, 0.15) is 5.82 Å². The Morgan fingerprint density at radius 2 is 1.76 bits per heavy atom. The van der Waals surface area contributed by atoms with Gasteiger partial charge in [-0.3, -0.25) is 4.79 Å². The predicted molar refractivity (Wildman–Crippen MR) is 70.9 cm³/mol. The molecule has 17 heavy (non-hydrogen) atoms. The molecule has 2 N–H and O–H groups in total. The Balaban J connectivity index is 2.18. The highest BCUT2D eigenvalue weighted by molar-refractivity contribution is 5.23. The quantitative estimate of drug-likeness (QED) is 0.707. The van der Waals surface area contributed by atoms with Crippen LogP contribution >= 0.6 is 0 Å². The lowest BCUT2D eigenvalue weighted by molar-refractivity contribution is 0.508. The smallest absolute Gasteiger partial charge is 0.266 e. The van der Waals surface area contributed by atoms with Crippen molar-refractivity contribution in [3.05, 3.63) is 22.5 Å². The van der Waals surface area contributed by atoms with Gasteiger partial charge in [-0.15, -0.1) is 0 Å². The molecule has 0 fully saturated rings. The normalized spacial score (nSPS) is 10.6. The summed E-state index contributed by atoms with van der Waals surface area (Å²) in [6.45, 7) is 2.90. The topological polar surface area (TPSA) is 60.9 Å². The van der Waals surface area contributed by atoms with Crippen molar-refractivity contribution in [3.63, 3.8) is 0 Å².